The molecule has 0 aliphatic heterocycles. The van der Waals surface area contributed by atoms with Crippen molar-refractivity contribution in [1.82, 2.24) is 5.32 Å². The van der Waals surface area contributed by atoms with E-state index in [1.54, 1.807) is 24.3 Å². The summed E-state index contributed by atoms with van der Waals surface area (Å²) in [6.45, 7) is 5.51. The van der Waals surface area contributed by atoms with Crippen LogP contribution in [0, 0.1) is 0 Å². The number of nitrogens with one attached hydrogen (secondary N) is 1. The molecule has 1 rings (SSSR count). The summed E-state index contributed by atoms with van der Waals surface area (Å²) >= 11 is 3.32. The molecule has 1 amide bonds. The summed E-state index contributed by atoms with van der Waals surface area (Å²) in [5.41, 5.74) is 0.0817. The Bertz CT molecular complexity index is 614. The average Bonchev–Trinajstić information content (AvgIpc) is 2.35. The average molecular weight is 377 g/mol. The maximum absolute atomic E-state index is 12.1. The molecule has 0 aliphatic carbocycles. The number of hydrogen-bond acceptors (Lipinski definition) is 3. The number of carbonyl (C=O) groups is 1. The molecule has 0 atom stereocenters. The minimum absolute atomic E-state index is 0.245. The normalized spacial score (nSPS) is 12.0. The minimum atomic E-state index is -3.56. The molecule has 0 spiro atoms. The van der Waals surface area contributed by atoms with E-state index in [0.29, 0.717) is 10.2 Å². The maximum atomic E-state index is 12.1. The molecule has 1 aromatic rings. The first-order valence-electron chi connectivity index (χ1n) is 6.60. The van der Waals surface area contributed by atoms with Crippen LogP contribution in [-0.2, 0) is 14.8 Å². The topological polar surface area (TPSA) is 66.5 Å². The Labute approximate surface area is 134 Å². The van der Waals surface area contributed by atoms with Gasteiger partial charge in [-0.05, 0) is 48.3 Å². The van der Waals surface area contributed by atoms with Crippen LogP contribution in [0.1, 0.15) is 27.2 Å². The van der Waals surface area contributed by atoms with E-state index in [4.69, 9.17) is 0 Å². The SMILES string of the molecule is CCC(C)(C)NC(=O)CN(c1ccccc1Br)S(C)(=O)=O. The Hall–Kier alpha value is -1.08. The van der Waals surface area contributed by atoms with Crippen LogP contribution in [0.5, 0.6) is 0 Å². The number of carbonyl (C=O) groups excluding carboxylic acids is 1. The summed E-state index contributed by atoms with van der Waals surface area (Å²) in [4.78, 5) is 12.1. The molecule has 7 heteroatoms. The molecule has 0 fully saturated rings. The van der Waals surface area contributed by atoms with Gasteiger partial charge in [0.25, 0.3) is 0 Å². The second kappa shape index (κ2) is 6.79. The van der Waals surface area contributed by atoms with Gasteiger partial charge in [-0.25, -0.2) is 8.42 Å². The molecule has 0 saturated carbocycles. The highest BCUT2D eigenvalue weighted by Gasteiger charge is 2.25. The smallest absolute Gasteiger partial charge is 0.241 e. The van der Waals surface area contributed by atoms with Crippen molar-refractivity contribution >= 4 is 37.5 Å². The molecule has 1 aromatic carbocycles. The van der Waals surface area contributed by atoms with E-state index in [9.17, 15) is 13.2 Å². The molecule has 0 bridgehead atoms. The molecule has 0 aromatic heterocycles. The molecule has 21 heavy (non-hydrogen) atoms. The summed E-state index contributed by atoms with van der Waals surface area (Å²) in [5.74, 6) is -0.331. The van der Waals surface area contributed by atoms with Crippen LogP contribution >= 0.6 is 15.9 Å². The summed E-state index contributed by atoms with van der Waals surface area (Å²) < 4.78 is 25.7. The number of para-hydroxylation sites is 1. The predicted octanol–water partition coefficient (Wildman–Crippen LogP) is 2.52. The van der Waals surface area contributed by atoms with Crippen molar-refractivity contribution in [3.05, 3.63) is 28.7 Å². The zero-order valence-electron chi connectivity index (χ0n) is 12.7. The zero-order chi connectivity index (χ0) is 16.3. The Balaban J connectivity index is 3.03. The fourth-order valence-electron chi connectivity index (χ4n) is 1.67. The molecular weight excluding hydrogens is 356 g/mol. The van der Waals surface area contributed by atoms with E-state index in [1.165, 1.54) is 0 Å². The predicted molar refractivity (Wildman–Crippen MR) is 88.8 cm³/mol. The van der Waals surface area contributed by atoms with Gasteiger partial charge < -0.3 is 5.32 Å². The van der Waals surface area contributed by atoms with Gasteiger partial charge in [0.1, 0.15) is 6.54 Å². The summed E-state index contributed by atoms with van der Waals surface area (Å²) in [6.07, 6.45) is 1.84. The Morgan fingerprint density at radius 3 is 2.38 bits per heavy atom. The third kappa shape index (κ3) is 5.32. The monoisotopic (exact) mass is 376 g/mol. The van der Waals surface area contributed by atoms with Crippen molar-refractivity contribution in [3.63, 3.8) is 0 Å². The van der Waals surface area contributed by atoms with Crippen LogP contribution in [0.2, 0.25) is 0 Å². The van der Waals surface area contributed by atoms with Gasteiger partial charge in [0.05, 0.1) is 11.9 Å². The highest BCUT2D eigenvalue weighted by Crippen LogP contribution is 2.27. The number of rotatable bonds is 6. The molecule has 5 nitrogen and oxygen atoms in total. The first-order valence-corrected chi connectivity index (χ1v) is 9.24. The van der Waals surface area contributed by atoms with Gasteiger partial charge in [-0.2, -0.15) is 0 Å². The largest absolute Gasteiger partial charge is 0.350 e. The number of nitrogens with zero attached hydrogens (tertiary/aromatic N) is 1. The van der Waals surface area contributed by atoms with E-state index < -0.39 is 10.0 Å². The molecule has 0 aliphatic rings. The Kier molecular flexibility index (Phi) is 5.81. The van der Waals surface area contributed by atoms with Gasteiger partial charge in [-0.3, -0.25) is 9.10 Å². The van der Waals surface area contributed by atoms with Crippen LogP contribution in [-0.4, -0.2) is 32.7 Å². The van der Waals surface area contributed by atoms with Crippen molar-refractivity contribution in [2.45, 2.75) is 32.7 Å². The lowest BCUT2D eigenvalue weighted by Gasteiger charge is -2.28. The third-order valence-electron chi connectivity index (χ3n) is 3.17. The van der Waals surface area contributed by atoms with E-state index in [2.05, 4.69) is 21.2 Å². The Morgan fingerprint density at radius 2 is 1.90 bits per heavy atom. The molecule has 0 saturated heterocycles. The second-order valence-corrected chi connectivity index (χ2v) is 8.27. The van der Waals surface area contributed by atoms with Crippen LogP contribution in [0.25, 0.3) is 0 Å². The summed E-state index contributed by atoms with van der Waals surface area (Å²) in [6, 6.07) is 6.91. The molecule has 0 unspecified atom stereocenters. The summed E-state index contributed by atoms with van der Waals surface area (Å²) in [7, 11) is -3.56. The second-order valence-electron chi connectivity index (χ2n) is 5.51. The quantitative estimate of drug-likeness (QED) is 0.829. The van der Waals surface area contributed by atoms with Crippen molar-refractivity contribution in [2.24, 2.45) is 0 Å². The van der Waals surface area contributed by atoms with Gasteiger partial charge in [0, 0.05) is 10.0 Å². The van der Waals surface area contributed by atoms with Gasteiger partial charge in [-0.15, -0.1) is 0 Å². The van der Waals surface area contributed by atoms with Crippen LogP contribution in [0.3, 0.4) is 0 Å². The maximum Gasteiger partial charge on any atom is 0.241 e. The van der Waals surface area contributed by atoms with Crippen LogP contribution in [0.15, 0.2) is 28.7 Å². The molecule has 1 N–H and O–H groups in total. The van der Waals surface area contributed by atoms with Gasteiger partial charge in [0.2, 0.25) is 15.9 Å². The lowest BCUT2D eigenvalue weighted by atomic mass is 10.0. The van der Waals surface area contributed by atoms with Crippen molar-refractivity contribution in [2.75, 3.05) is 17.1 Å². The third-order valence-corrected chi connectivity index (χ3v) is 4.97. The van der Waals surface area contributed by atoms with E-state index in [1.807, 2.05) is 20.8 Å². The van der Waals surface area contributed by atoms with E-state index in [0.717, 1.165) is 17.0 Å². The zero-order valence-corrected chi connectivity index (χ0v) is 15.1. The standard InChI is InChI=1S/C14H21BrN2O3S/c1-5-14(2,3)16-13(18)10-17(21(4,19)20)12-9-7-6-8-11(12)15/h6-9H,5,10H2,1-4H3,(H,16,18). The Morgan fingerprint density at radius 1 is 1.33 bits per heavy atom. The molecule has 118 valence electrons. The number of hydrogen-bond donors (Lipinski definition) is 1. The molecule has 0 heterocycles. The fraction of sp³-hybridized carbons (Fsp3) is 0.500. The highest BCUT2D eigenvalue weighted by atomic mass is 79.9. The van der Waals surface area contributed by atoms with Gasteiger partial charge >= 0.3 is 0 Å². The number of halogens is 1. The highest BCUT2D eigenvalue weighted by molar-refractivity contribution is 9.10. The first-order chi connectivity index (χ1) is 9.57. The van der Waals surface area contributed by atoms with E-state index in [-0.39, 0.29) is 18.0 Å². The fourth-order valence-corrected chi connectivity index (χ4v) is 3.16. The minimum Gasteiger partial charge on any atom is -0.350 e. The molecule has 0 radical (unpaired) electrons. The summed E-state index contributed by atoms with van der Waals surface area (Å²) in [5, 5.41) is 2.84. The van der Waals surface area contributed by atoms with Crippen molar-refractivity contribution < 1.29 is 13.2 Å². The van der Waals surface area contributed by atoms with Gasteiger partial charge in [0.15, 0.2) is 0 Å². The molecular formula is C14H21BrN2O3S. The van der Waals surface area contributed by atoms with Crippen molar-refractivity contribution in [1.29, 1.82) is 0 Å². The lowest BCUT2D eigenvalue weighted by Crippen LogP contribution is -2.48. The first kappa shape index (κ1) is 18.0. The van der Waals surface area contributed by atoms with Crippen LogP contribution < -0.4 is 9.62 Å². The van der Waals surface area contributed by atoms with Crippen LogP contribution in [0.4, 0.5) is 5.69 Å². The number of benzene rings is 1. The number of sulfonamides is 1. The van der Waals surface area contributed by atoms with E-state index >= 15 is 0 Å². The lowest BCUT2D eigenvalue weighted by molar-refractivity contribution is -0.121. The van der Waals surface area contributed by atoms with Gasteiger partial charge in [-0.1, -0.05) is 19.1 Å². The van der Waals surface area contributed by atoms with Crippen molar-refractivity contribution in [3.8, 4) is 0 Å². The number of anilines is 1. The number of amides is 1.